The number of rotatable bonds is 5. The fourth-order valence-corrected chi connectivity index (χ4v) is 2.86. The Labute approximate surface area is 119 Å². The van der Waals surface area contributed by atoms with Crippen LogP contribution >= 0.6 is 0 Å². The van der Waals surface area contributed by atoms with Gasteiger partial charge in [-0.05, 0) is 30.4 Å². The van der Waals surface area contributed by atoms with Crippen LogP contribution in [0, 0.1) is 5.92 Å². The van der Waals surface area contributed by atoms with Gasteiger partial charge in [-0.2, -0.15) is 0 Å². The number of aromatic amines is 1. The van der Waals surface area contributed by atoms with Crippen molar-refractivity contribution in [1.29, 1.82) is 0 Å². The van der Waals surface area contributed by atoms with Crippen molar-refractivity contribution >= 4 is 0 Å². The molecule has 1 heterocycles. The van der Waals surface area contributed by atoms with Crippen molar-refractivity contribution in [2.24, 2.45) is 5.92 Å². The summed E-state index contributed by atoms with van der Waals surface area (Å²) in [5.41, 5.74) is 3.15. The summed E-state index contributed by atoms with van der Waals surface area (Å²) in [7, 11) is 0. The number of aromatic nitrogens is 3. The van der Waals surface area contributed by atoms with Crippen LogP contribution in [0.1, 0.15) is 37.7 Å². The van der Waals surface area contributed by atoms with Crippen molar-refractivity contribution < 1.29 is 4.74 Å². The molecule has 0 radical (unpaired) electrons. The van der Waals surface area contributed by atoms with Gasteiger partial charge in [-0.15, -0.1) is 5.10 Å². The van der Waals surface area contributed by atoms with Crippen LogP contribution in [0.25, 0.3) is 11.3 Å². The first-order valence-electron chi connectivity index (χ1n) is 7.45. The number of ether oxygens (including phenoxy) is 1. The Kier molecular flexibility index (Phi) is 4.43. The van der Waals surface area contributed by atoms with E-state index < -0.39 is 0 Å². The van der Waals surface area contributed by atoms with Crippen LogP contribution in [0.5, 0.6) is 0 Å². The van der Waals surface area contributed by atoms with Crippen molar-refractivity contribution in [1.82, 2.24) is 15.4 Å². The fraction of sp³-hybridized carbons (Fsp3) is 0.500. The zero-order valence-corrected chi connectivity index (χ0v) is 11.7. The lowest BCUT2D eigenvalue weighted by Gasteiger charge is -2.21. The summed E-state index contributed by atoms with van der Waals surface area (Å²) in [6.07, 6.45) is 8.61. The zero-order valence-electron chi connectivity index (χ0n) is 11.7. The van der Waals surface area contributed by atoms with Gasteiger partial charge in [-0.1, -0.05) is 42.7 Å². The smallest absolute Gasteiger partial charge is 0.112 e. The van der Waals surface area contributed by atoms with Gasteiger partial charge in [0.15, 0.2) is 0 Å². The maximum atomic E-state index is 5.89. The largest absolute Gasteiger partial charge is 0.376 e. The predicted octanol–water partition coefficient (Wildman–Crippen LogP) is 3.57. The third-order valence-corrected chi connectivity index (χ3v) is 3.99. The van der Waals surface area contributed by atoms with Crippen LogP contribution in [0.3, 0.4) is 0 Å². The van der Waals surface area contributed by atoms with Crippen LogP contribution in [0.4, 0.5) is 0 Å². The van der Waals surface area contributed by atoms with Crippen LogP contribution in [-0.4, -0.2) is 22.0 Å². The number of benzene rings is 1. The molecule has 4 nitrogen and oxygen atoms in total. The van der Waals surface area contributed by atoms with Crippen LogP contribution in [0.15, 0.2) is 30.5 Å². The maximum Gasteiger partial charge on any atom is 0.112 e. The number of nitrogens with zero attached hydrogens (tertiary/aromatic N) is 2. The standard InChI is InChI=1S/C16H21N3O/c1-2-5-13(6-3-1)11-20-12-14-7-4-8-15(9-14)16-10-17-19-18-16/h4,7-10,13H,1-3,5-6,11-12H2,(H,17,18,19). The Morgan fingerprint density at radius 3 is 2.90 bits per heavy atom. The van der Waals surface area contributed by atoms with E-state index >= 15 is 0 Å². The molecular formula is C16H21N3O. The van der Waals surface area contributed by atoms with E-state index in [-0.39, 0.29) is 0 Å². The third kappa shape index (κ3) is 3.45. The topological polar surface area (TPSA) is 50.8 Å². The quantitative estimate of drug-likeness (QED) is 0.904. The normalized spacial score (nSPS) is 16.4. The van der Waals surface area contributed by atoms with Gasteiger partial charge < -0.3 is 4.74 Å². The number of nitrogens with one attached hydrogen (secondary N) is 1. The molecule has 0 unspecified atom stereocenters. The minimum Gasteiger partial charge on any atom is -0.376 e. The minimum absolute atomic E-state index is 0.683. The van der Waals surface area contributed by atoms with Gasteiger partial charge in [0.2, 0.25) is 0 Å². The van der Waals surface area contributed by atoms with Gasteiger partial charge in [-0.3, -0.25) is 5.10 Å². The molecule has 106 valence electrons. The van der Waals surface area contributed by atoms with Gasteiger partial charge in [-0.25, -0.2) is 0 Å². The summed E-state index contributed by atoms with van der Waals surface area (Å²) in [4.78, 5) is 0. The van der Waals surface area contributed by atoms with Gasteiger partial charge in [0.1, 0.15) is 5.69 Å². The molecule has 1 aromatic heterocycles. The molecule has 1 N–H and O–H groups in total. The molecule has 20 heavy (non-hydrogen) atoms. The molecule has 1 saturated carbocycles. The maximum absolute atomic E-state index is 5.89. The van der Waals surface area contributed by atoms with Gasteiger partial charge in [0, 0.05) is 18.4 Å². The first kappa shape index (κ1) is 13.3. The van der Waals surface area contributed by atoms with Gasteiger partial charge >= 0.3 is 0 Å². The highest BCUT2D eigenvalue weighted by Crippen LogP contribution is 2.24. The van der Waals surface area contributed by atoms with Crippen molar-refractivity contribution in [3.05, 3.63) is 36.0 Å². The molecule has 3 rings (SSSR count). The van der Waals surface area contributed by atoms with Crippen molar-refractivity contribution in [2.45, 2.75) is 38.7 Å². The van der Waals surface area contributed by atoms with E-state index in [4.69, 9.17) is 4.74 Å². The van der Waals surface area contributed by atoms with Crippen LogP contribution in [0.2, 0.25) is 0 Å². The highest BCUT2D eigenvalue weighted by molar-refractivity contribution is 5.58. The van der Waals surface area contributed by atoms with E-state index in [0.29, 0.717) is 6.61 Å². The molecule has 4 heteroatoms. The third-order valence-electron chi connectivity index (χ3n) is 3.99. The SMILES string of the molecule is c1cc(COCC2CCCCC2)cc(-c2c[nH]nn2)c1. The molecule has 1 aliphatic carbocycles. The number of H-pyrrole nitrogens is 1. The first-order chi connectivity index (χ1) is 9.92. The second kappa shape index (κ2) is 6.66. The highest BCUT2D eigenvalue weighted by atomic mass is 16.5. The average molecular weight is 271 g/mol. The Hall–Kier alpha value is -1.68. The van der Waals surface area contributed by atoms with Crippen molar-refractivity contribution in [3.8, 4) is 11.3 Å². The Bertz CT molecular complexity index is 518. The Morgan fingerprint density at radius 2 is 2.10 bits per heavy atom. The summed E-state index contributed by atoms with van der Waals surface area (Å²) in [6, 6.07) is 8.31. The summed E-state index contributed by atoms with van der Waals surface area (Å²) >= 11 is 0. The van der Waals surface area contributed by atoms with Crippen molar-refractivity contribution in [3.63, 3.8) is 0 Å². The minimum atomic E-state index is 0.683. The average Bonchev–Trinajstić information content (AvgIpc) is 3.03. The molecule has 2 aromatic rings. The Morgan fingerprint density at radius 1 is 1.20 bits per heavy atom. The van der Waals surface area contributed by atoms with E-state index in [0.717, 1.165) is 23.8 Å². The van der Waals surface area contributed by atoms with Crippen LogP contribution in [-0.2, 0) is 11.3 Å². The van der Waals surface area contributed by atoms with Gasteiger partial charge in [0.05, 0.1) is 6.61 Å². The molecule has 0 spiro atoms. The molecule has 0 atom stereocenters. The van der Waals surface area contributed by atoms with E-state index in [1.807, 2.05) is 18.3 Å². The molecule has 0 aliphatic heterocycles. The number of hydrogen-bond acceptors (Lipinski definition) is 3. The lowest BCUT2D eigenvalue weighted by atomic mass is 9.90. The summed E-state index contributed by atoms with van der Waals surface area (Å²) in [5, 5.41) is 10.5. The molecule has 0 amide bonds. The fourth-order valence-electron chi connectivity index (χ4n) is 2.86. The molecule has 1 fully saturated rings. The number of hydrogen-bond donors (Lipinski definition) is 1. The van der Waals surface area contributed by atoms with E-state index in [1.165, 1.54) is 37.7 Å². The molecule has 0 bridgehead atoms. The van der Waals surface area contributed by atoms with Crippen LogP contribution < -0.4 is 0 Å². The lowest BCUT2D eigenvalue weighted by Crippen LogP contribution is -2.13. The molecule has 0 saturated heterocycles. The second-order valence-corrected chi connectivity index (χ2v) is 5.58. The highest BCUT2D eigenvalue weighted by Gasteiger charge is 2.13. The van der Waals surface area contributed by atoms with Crippen molar-refractivity contribution in [2.75, 3.05) is 6.61 Å². The van der Waals surface area contributed by atoms with E-state index in [9.17, 15) is 0 Å². The predicted molar refractivity (Wildman–Crippen MR) is 78.0 cm³/mol. The second-order valence-electron chi connectivity index (χ2n) is 5.58. The van der Waals surface area contributed by atoms with E-state index in [1.54, 1.807) is 0 Å². The lowest BCUT2D eigenvalue weighted by molar-refractivity contribution is 0.0739. The zero-order chi connectivity index (χ0) is 13.6. The molecular weight excluding hydrogens is 250 g/mol. The summed E-state index contributed by atoms with van der Waals surface area (Å²) in [6.45, 7) is 1.58. The van der Waals surface area contributed by atoms with Gasteiger partial charge in [0.25, 0.3) is 0 Å². The molecule has 1 aromatic carbocycles. The van der Waals surface area contributed by atoms with E-state index in [2.05, 4.69) is 27.5 Å². The molecule has 1 aliphatic rings. The Balaban J connectivity index is 1.53. The monoisotopic (exact) mass is 271 g/mol. The summed E-state index contributed by atoms with van der Waals surface area (Å²) < 4.78 is 5.89. The first-order valence-corrected chi connectivity index (χ1v) is 7.45. The summed E-state index contributed by atoms with van der Waals surface area (Å²) in [5.74, 6) is 0.766.